The molecule has 0 saturated carbocycles. The third kappa shape index (κ3) is 16.0. The molecule has 0 aromatic carbocycles. The van der Waals surface area contributed by atoms with Crippen molar-refractivity contribution in [2.45, 2.75) is 90.9 Å². The van der Waals surface area contributed by atoms with Crippen molar-refractivity contribution in [1.29, 1.82) is 0 Å². The Kier molecular flexibility index (Phi) is 16.2. The van der Waals surface area contributed by atoms with E-state index in [0.717, 1.165) is 25.4 Å². The van der Waals surface area contributed by atoms with E-state index in [1.807, 2.05) is 0 Å². The molecule has 1 atom stereocenters. The average Bonchev–Trinajstić information content (AvgIpc) is 2.41. The molecule has 0 aliphatic rings. The zero-order valence-electron chi connectivity index (χ0n) is 13.2. The predicted octanol–water partition coefficient (Wildman–Crippen LogP) is 6.47. The number of rotatable bonds is 15. The molecule has 0 spiro atoms. The lowest BCUT2D eigenvalue weighted by atomic mass is 10.1. The van der Waals surface area contributed by atoms with Crippen molar-refractivity contribution in [3.63, 3.8) is 0 Å². The second kappa shape index (κ2) is 16.1. The van der Waals surface area contributed by atoms with Gasteiger partial charge in [0, 0.05) is 6.16 Å². The summed E-state index contributed by atoms with van der Waals surface area (Å²) >= 11 is 0. The molecule has 0 saturated heterocycles. The first-order valence-corrected chi connectivity index (χ1v) is 9.75. The van der Waals surface area contributed by atoms with Crippen LogP contribution >= 0.6 is 8.03 Å². The minimum absolute atomic E-state index is 0.670. The number of hydrogen-bond acceptors (Lipinski definition) is 2. The second-order valence-electron chi connectivity index (χ2n) is 5.43. The molecular formula is C16H34O2P. The molecule has 1 unspecified atom stereocenters. The number of hydrogen-bond donors (Lipinski definition) is 0. The fourth-order valence-corrected chi connectivity index (χ4v) is 3.05. The molecule has 0 amide bonds. The zero-order chi connectivity index (χ0) is 14.2. The topological polar surface area (TPSA) is 26.3 Å². The molecule has 0 rings (SSSR count). The van der Waals surface area contributed by atoms with Gasteiger partial charge in [-0.3, -0.25) is 4.57 Å². The minimum atomic E-state index is -1.38. The summed E-state index contributed by atoms with van der Waals surface area (Å²) in [5, 5.41) is 0. The van der Waals surface area contributed by atoms with Crippen molar-refractivity contribution in [2.24, 2.45) is 0 Å². The molecule has 0 fully saturated rings. The van der Waals surface area contributed by atoms with Gasteiger partial charge in [0.2, 0.25) is 8.03 Å². The Morgan fingerprint density at radius 2 is 1.16 bits per heavy atom. The van der Waals surface area contributed by atoms with Crippen molar-refractivity contribution in [3.05, 3.63) is 0 Å². The Labute approximate surface area is 121 Å². The molecule has 1 radical (unpaired) electrons. The van der Waals surface area contributed by atoms with E-state index < -0.39 is 8.03 Å². The Hall–Kier alpha value is 0.0600. The third-order valence-corrected chi connectivity index (χ3v) is 4.58. The van der Waals surface area contributed by atoms with Gasteiger partial charge in [0.15, 0.2) is 0 Å². The van der Waals surface area contributed by atoms with E-state index in [-0.39, 0.29) is 0 Å². The monoisotopic (exact) mass is 289 g/mol. The maximum atomic E-state index is 11.5. The average molecular weight is 289 g/mol. The van der Waals surface area contributed by atoms with Crippen LogP contribution in [0.1, 0.15) is 90.9 Å². The van der Waals surface area contributed by atoms with Crippen LogP contribution in [-0.4, -0.2) is 12.8 Å². The van der Waals surface area contributed by atoms with E-state index >= 15 is 0 Å². The van der Waals surface area contributed by atoms with Crippen LogP contribution in [0.2, 0.25) is 0 Å². The highest BCUT2D eigenvalue weighted by Gasteiger charge is 2.00. The summed E-state index contributed by atoms with van der Waals surface area (Å²) in [7, 11) is -1.38. The van der Waals surface area contributed by atoms with E-state index in [0.29, 0.717) is 6.61 Å². The van der Waals surface area contributed by atoms with Crippen LogP contribution in [0, 0.1) is 0 Å². The highest BCUT2D eigenvalue weighted by atomic mass is 31.1. The van der Waals surface area contributed by atoms with Crippen molar-refractivity contribution in [3.8, 4) is 0 Å². The Morgan fingerprint density at radius 3 is 1.68 bits per heavy atom. The molecule has 0 N–H and O–H groups in total. The summed E-state index contributed by atoms with van der Waals surface area (Å²) < 4.78 is 16.8. The molecule has 0 aromatic heterocycles. The molecule has 0 heterocycles. The highest BCUT2D eigenvalue weighted by molar-refractivity contribution is 7.39. The minimum Gasteiger partial charge on any atom is -0.304 e. The molecule has 19 heavy (non-hydrogen) atoms. The van der Waals surface area contributed by atoms with E-state index in [2.05, 4.69) is 13.8 Å². The van der Waals surface area contributed by atoms with Crippen LogP contribution in [0.5, 0.6) is 0 Å². The van der Waals surface area contributed by atoms with Crippen LogP contribution in [0.25, 0.3) is 0 Å². The van der Waals surface area contributed by atoms with Crippen LogP contribution < -0.4 is 0 Å². The number of unbranched alkanes of at least 4 members (excludes halogenated alkanes) is 10. The molecule has 2 nitrogen and oxygen atoms in total. The molecule has 0 bridgehead atoms. The van der Waals surface area contributed by atoms with E-state index in [9.17, 15) is 4.57 Å². The van der Waals surface area contributed by atoms with Crippen molar-refractivity contribution in [2.75, 3.05) is 12.8 Å². The van der Waals surface area contributed by atoms with E-state index in [1.165, 1.54) is 57.8 Å². The smallest absolute Gasteiger partial charge is 0.212 e. The lowest BCUT2D eigenvalue weighted by Crippen LogP contribution is -1.89. The van der Waals surface area contributed by atoms with Crippen LogP contribution in [-0.2, 0) is 9.09 Å². The molecule has 115 valence electrons. The normalized spacial score (nSPS) is 11.8. The molecule has 3 heteroatoms. The van der Waals surface area contributed by atoms with Crippen molar-refractivity contribution in [1.82, 2.24) is 0 Å². The predicted molar refractivity (Wildman–Crippen MR) is 85.2 cm³/mol. The summed E-state index contributed by atoms with van der Waals surface area (Å²) in [6.07, 6.45) is 16.1. The largest absolute Gasteiger partial charge is 0.304 e. The van der Waals surface area contributed by atoms with Crippen LogP contribution in [0.3, 0.4) is 0 Å². The first-order chi connectivity index (χ1) is 9.31. The summed E-state index contributed by atoms with van der Waals surface area (Å²) in [6, 6.07) is 0. The van der Waals surface area contributed by atoms with Gasteiger partial charge in [0.1, 0.15) is 0 Å². The zero-order valence-corrected chi connectivity index (χ0v) is 14.1. The summed E-state index contributed by atoms with van der Waals surface area (Å²) in [4.78, 5) is 0. The van der Waals surface area contributed by atoms with Gasteiger partial charge in [-0.05, 0) is 12.8 Å². The highest BCUT2D eigenvalue weighted by Crippen LogP contribution is 2.24. The molecular weight excluding hydrogens is 255 g/mol. The molecule has 0 aliphatic carbocycles. The van der Waals surface area contributed by atoms with Gasteiger partial charge < -0.3 is 4.52 Å². The second-order valence-corrected chi connectivity index (χ2v) is 6.80. The molecule has 0 aliphatic heterocycles. The third-order valence-electron chi connectivity index (χ3n) is 3.43. The summed E-state index contributed by atoms with van der Waals surface area (Å²) in [5.41, 5.74) is 0. The van der Waals surface area contributed by atoms with Crippen molar-refractivity contribution < 1.29 is 9.09 Å². The summed E-state index contributed by atoms with van der Waals surface area (Å²) in [6.45, 7) is 5.05. The van der Waals surface area contributed by atoms with Gasteiger partial charge in [-0.1, -0.05) is 78.1 Å². The van der Waals surface area contributed by atoms with Crippen LogP contribution in [0.15, 0.2) is 0 Å². The quantitative estimate of drug-likeness (QED) is 0.255. The van der Waals surface area contributed by atoms with Gasteiger partial charge in [0.05, 0.1) is 6.61 Å². The van der Waals surface area contributed by atoms with E-state index in [1.54, 1.807) is 0 Å². The maximum absolute atomic E-state index is 11.5. The van der Waals surface area contributed by atoms with Gasteiger partial charge in [-0.25, -0.2) is 0 Å². The van der Waals surface area contributed by atoms with E-state index in [4.69, 9.17) is 4.52 Å². The lowest BCUT2D eigenvalue weighted by Gasteiger charge is -2.03. The first kappa shape index (κ1) is 19.1. The van der Waals surface area contributed by atoms with Crippen molar-refractivity contribution >= 4 is 8.03 Å². The fraction of sp³-hybridized carbons (Fsp3) is 1.00. The first-order valence-electron chi connectivity index (χ1n) is 8.38. The van der Waals surface area contributed by atoms with Gasteiger partial charge in [-0.15, -0.1) is 0 Å². The Bertz CT molecular complexity index is 195. The fourth-order valence-electron chi connectivity index (χ4n) is 2.10. The van der Waals surface area contributed by atoms with Gasteiger partial charge in [-0.2, -0.15) is 0 Å². The standard InChI is InChI=1S/C16H34O2P/c1-3-5-7-8-9-10-11-12-13-14-16-19(17)18-15-6-4-2/h3-16H2,1-2H3. The van der Waals surface area contributed by atoms with Crippen LogP contribution in [0.4, 0.5) is 0 Å². The molecule has 0 aromatic rings. The lowest BCUT2D eigenvalue weighted by molar-refractivity contribution is 0.320. The SMILES string of the molecule is CCCCCCCCCCCC[P](=O)OCCCC. The Morgan fingerprint density at radius 1 is 0.684 bits per heavy atom. The Balaban J connectivity index is 3.07. The maximum Gasteiger partial charge on any atom is 0.212 e. The van der Waals surface area contributed by atoms with Gasteiger partial charge >= 0.3 is 0 Å². The summed E-state index contributed by atoms with van der Waals surface area (Å²) in [5.74, 6) is 0. The van der Waals surface area contributed by atoms with Gasteiger partial charge in [0.25, 0.3) is 0 Å².